The Morgan fingerprint density at radius 1 is 1.12 bits per heavy atom. The predicted molar refractivity (Wildman–Crippen MR) is 192 cm³/mol. The van der Waals surface area contributed by atoms with E-state index in [1.54, 1.807) is 25.1 Å². The van der Waals surface area contributed by atoms with Gasteiger partial charge in [-0.25, -0.2) is 13.1 Å². The fraction of sp³-hybridized carbons (Fsp3) is 0.711. The lowest BCUT2D eigenvalue weighted by Gasteiger charge is -2.61. The number of aliphatic hydroxyl groups excluding tert-OH is 1. The van der Waals surface area contributed by atoms with Gasteiger partial charge >= 0.3 is 11.9 Å². The SMILES string of the molecule is C=C[C@]1(C)C[C@@H](OC(=O)CS[C@@H]2CC[C@H](C(=O)OCC)C[C@H]2NS(=O)(=O)c2ccc(OC)cc2)[C@]2(C)[C@H](C)CC[C@]3(CCC(=O)[C@H]32)[C@@H](C)[C@@H]1O. The Labute approximate surface area is 301 Å². The topological polar surface area (TPSA) is 145 Å². The van der Waals surface area contributed by atoms with E-state index in [0.29, 0.717) is 31.4 Å². The number of sulfonamides is 1. The van der Waals surface area contributed by atoms with Crippen molar-refractivity contribution in [3.05, 3.63) is 36.9 Å². The van der Waals surface area contributed by atoms with Crippen LogP contribution < -0.4 is 9.46 Å². The summed E-state index contributed by atoms with van der Waals surface area (Å²) in [7, 11) is -2.46. The number of thioether (sulfide) groups is 1. The normalized spacial score (nSPS) is 38.7. The molecule has 2 N–H and O–H groups in total. The Balaban J connectivity index is 1.37. The second kappa shape index (κ2) is 14.9. The van der Waals surface area contributed by atoms with E-state index in [9.17, 15) is 27.9 Å². The molecule has 0 spiro atoms. The van der Waals surface area contributed by atoms with Gasteiger partial charge in [0.15, 0.2) is 0 Å². The van der Waals surface area contributed by atoms with Gasteiger partial charge in [-0.1, -0.05) is 33.8 Å². The molecule has 4 aliphatic carbocycles. The largest absolute Gasteiger partial charge is 0.497 e. The molecule has 0 aliphatic heterocycles. The van der Waals surface area contributed by atoms with E-state index in [-0.39, 0.29) is 63.8 Å². The van der Waals surface area contributed by atoms with Crippen LogP contribution in [0.15, 0.2) is 41.8 Å². The molecule has 0 radical (unpaired) electrons. The zero-order valence-electron chi connectivity index (χ0n) is 30.3. The van der Waals surface area contributed by atoms with Crippen molar-refractivity contribution in [2.24, 2.45) is 39.9 Å². The smallest absolute Gasteiger partial charge is 0.316 e. The molecule has 11 atom stereocenters. The van der Waals surface area contributed by atoms with E-state index in [2.05, 4.69) is 32.1 Å². The minimum Gasteiger partial charge on any atom is -0.497 e. The van der Waals surface area contributed by atoms with Crippen LogP contribution >= 0.6 is 11.8 Å². The summed E-state index contributed by atoms with van der Waals surface area (Å²) >= 11 is 1.32. The first-order chi connectivity index (χ1) is 23.6. The average molecular weight is 734 g/mol. The van der Waals surface area contributed by atoms with Crippen LogP contribution in [0, 0.1) is 39.9 Å². The zero-order chi connectivity index (χ0) is 36.6. The number of methoxy groups -OCH3 is 1. The van der Waals surface area contributed by atoms with Gasteiger partial charge in [0.25, 0.3) is 0 Å². The first-order valence-electron chi connectivity index (χ1n) is 18.0. The number of rotatable bonds is 11. The number of aliphatic hydroxyl groups is 1. The van der Waals surface area contributed by atoms with Gasteiger partial charge in [-0.05, 0) is 93.4 Å². The average Bonchev–Trinajstić information content (AvgIpc) is 3.45. The van der Waals surface area contributed by atoms with Gasteiger partial charge in [-0.15, -0.1) is 18.3 Å². The second-order valence-corrected chi connectivity index (χ2v) is 18.5. The standard InChI is InChI=1S/C38H55NO9S2/c1-8-36(5)21-31(37(6)23(3)16-18-38(24(4)34(36)42)19-17-29(40)33(37)38)48-32(41)22-49-30-15-10-25(35(43)47-9-2)20-28(30)39-50(44,45)27-13-11-26(46-7)12-14-27/h8,11-14,23-25,28,30-31,33-34,39,42H,1,9-10,15-22H2,2-7H3/t23-,24+,25+,28-,30-,31-,33+,34+,36-,37+,38+/m1/s1. The number of benzene rings is 1. The van der Waals surface area contributed by atoms with Crippen LogP contribution in [0.1, 0.15) is 86.0 Å². The van der Waals surface area contributed by atoms with Crippen molar-refractivity contribution in [1.29, 1.82) is 0 Å². The molecule has 4 saturated carbocycles. The van der Waals surface area contributed by atoms with E-state index in [1.165, 1.54) is 31.0 Å². The second-order valence-electron chi connectivity index (χ2n) is 15.6. The molecule has 0 heterocycles. The third-order valence-corrected chi connectivity index (χ3v) is 16.0. The van der Waals surface area contributed by atoms with Gasteiger partial charge in [-0.2, -0.15) is 0 Å². The van der Waals surface area contributed by atoms with E-state index in [4.69, 9.17) is 14.2 Å². The van der Waals surface area contributed by atoms with E-state index in [1.807, 2.05) is 6.92 Å². The molecule has 0 unspecified atom stereocenters. The molecule has 50 heavy (non-hydrogen) atoms. The lowest BCUT2D eigenvalue weighted by molar-refractivity contribution is -0.205. The van der Waals surface area contributed by atoms with Crippen molar-refractivity contribution in [2.45, 2.75) is 114 Å². The number of carbonyl (C=O) groups excluding carboxylic acids is 3. The molecule has 12 heteroatoms. The highest BCUT2D eigenvalue weighted by Crippen LogP contribution is 2.68. The first-order valence-corrected chi connectivity index (χ1v) is 20.6. The molecule has 0 saturated heterocycles. The van der Waals surface area contributed by atoms with Crippen molar-refractivity contribution >= 4 is 39.5 Å². The monoisotopic (exact) mass is 733 g/mol. The Hall–Kier alpha value is -2.41. The fourth-order valence-corrected chi connectivity index (χ4v) is 12.3. The van der Waals surface area contributed by atoms with Gasteiger partial charge in [0, 0.05) is 34.5 Å². The van der Waals surface area contributed by atoms with Crippen LogP contribution in [0.5, 0.6) is 5.75 Å². The van der Waals surface area contributed by atoms with Gasteiger partial charge in [-0.3, -0.25) is 14.4 Å². The van der Waals surface area contributed by atoms with Crippen LogP contribution in [0.3, 0.4) is 0 Å². The molecule has 278 valence electrons. The summed E-state index contributed by atoms with van der Waals surface area (Å²) in [5, 5.41) is 11.5. The third kappa shape index (κ3) is 7.03. The van der Waals surface area contributed by atoms with Gasteiger partial charge < -0.3 is 19.3 Å². The van der Waals surface area contributed by atoms with Crippen LogP contribution in [0.2, 0.25) is 0 Å². The Kier molecular flexibility index (Phi) is 11.6. The van der Waals surface area contributed by atoms with E-state index >= 15 is 0 Å². The van der Waals surface area contributed by atoms with Crippen LogP contribution in [0.25, 0.3) is 0 Å². The number of ether oxygens (including phenoxy) is 3. The summed E-state index contributed by atoms with van der Waals surface area (Å²) in [5.74, 6) is -0.930. The minimum absolute atomic E-state index is 0.0377. The number of nitrogens with one attached hydrogen (secondary N) is 1. The van der Waals surface area contributed by atoms with Crippen LogP contribution in [-0.4, -0.2) is 74.2 Å². The highest BCUT2D eigenvalue weighted by molar-refractivity contribution is 8.00. The fourth-order valence-electron chi connectivity index (χ4n) is 9.83. The van der Waals surface area contributed by atoms with Gasteiger partial charge in [0.2, 0.25) is 10.0 Å². The van der Waals surface area contributed by atoms with Crippen molar-refractivity contribution in [3.63, 3.8) is 0 Å². The number of hydrogen-bond acceptors (Lipinski definition) is 10. The highest BCUT2D eigenvalue weighted by atomic mass is 32.2. The quantitative estimate of drug-likeness (QED) is 0.214. The van der Waals surface area contributed by atoms with Crippen LogP contribution in [-0.2, 0) is 33.9 Å². The van der Waals surface area contributed by atoms with Crippen molar-refractivity contribution in [1.82, 2.24) is 4.72 Å². The molecule has 10 nitrogen and oxygen atoms in total. The Morgan fingerprint density at radius 3 is 2.46 bits per heavy atom. The zero-order valence-corrected chi connectivity index (χ0v) is 31.9. The van der Waals surface area contributed by atoms with Crippen LogP contribution in [0.4, 0.5) is 0 Å². The minimum atomic E-state index is -3.96. The Morgan fingerprint density at radius 2 is 1.82 bits per heavy atom. The summed E-state index contributed by atoms with van der Waals surface area (Å²) in [4.78, 5) is 40.4. The van der Waals surface area contributed by atoms with Crippen molar-refractivity contribution in [2.75, 3.05) is 19.5 Å². The maximum atomic E-state index is 13.9. The summed E-state index contributed by atoms with van der Waals surface area (Å²) in [6.07, 6.45) is 4.89. The molecular weight excluding hydrogens is 679 g/mol. The van der Waals surface area contributed by atoms with Crippen molar-refractivity contribution < 1.29 is 42.1 Å². The summed E-state index contributed by atoms with van der Waals surface area (Å²) < 4.78 is 46.7. The predicted octanol–water partition coefficient (Wildman–Crippen LogP) is 5.71. The lowest BCUT2D eigenvalue weighted by atomic mass is 9.44. The van der Waals surface area contributed by atoms with Gasteiger partial charge in [0.05, 0.1) is 36.4 Å². The maximum Gasteiger partial charge on any atom is 0.316 e. The molecule has 0 aromatic heterocycles. The molecule has 4 aliphatic rings. The van der Waals surface area contributed by atoms with E-state index < -0.39 is 51.0 Å². The summed E-state index contributed by atoms with van der Waals surface area (Å²) in [5.41, 5.74) is -1.73. The van der Waals surface area contributed by atoms with Crippen molar-refractivity contribution in [3.8, 4) is 5.75 Å². The molecule has 2 bridgehead atoms. The molecule has 0 amide bonds. The maximum absolute atomic E-state index is 13.9. The summed E-state index contributed by atoms with van der Waals surface area (Å²) in [6, 6.07) is 5.43. The van der Waals surface area contributed by atoms with Gasteiger partial charge in [0.1, 0.15) is 17.6 Å². The number of ketones is 1. The third-order valence-electron chi connectivity index (χ3n) is 13.1. The highest BCUT2D eigenvalue weighted by Gasteiger charge is 2.68. The molecule has 1 aromatic rings. The summed E-state index contributed by atoms with van der Waals surface area (Å²) in [6.45, 7) is 14.4. The number of Topliss-reactive ketones (excluding diaryl/α,β-unsaturated/α-hetero) is 1. The molecule has 1 aromatic carbocycles. The number of carbonyl (C=O) groups is 3. The molecule has 4 fully saturated rings. The number of esters is 2. The van der Waals surface area contributed by atoms with E-state index in [0.717, 1.165) is 19.3 Å². The molecule has 5 rings (SSSR count). The Bertz CT molecular complexity index is 1550. The number of hydrogen-bond donors (Lipinski definition) is 2. The first kappa shape index (κ1) is 38.8. The molecular formula is C38H55NO9S2. The lowest BCUT2D eigenvalue weighted by Crippen LogP contribution is -2.63.